The lowest BCUT2D eigenvalue weighted by Crippen LogP contribution is -2.61. The number of carboxylic acid groups (broad SMARTS) is 1. The van der Waals surface area contributed by atoms with E-state index in [2.05, 4.69) is 44.5 Å². The summed E-state index contributed by atoms with van der Waals surface area (Å²) >= 11 is 5.68. The summed E-state index contributed by atoms with van der Waals surface area (Å²) in [5, 5.41) is 35.3. The van der Waals surface area contributed by atoms with Crippen molar-refractivity contribution in [2.45, 2.75) is 101 Å². The Morgan fingerprint density at radius 3 is 1.52 bits per heavy atom. The van der Waals surface area contributed by atoms with E-state index < -0.39 is 90.3 Å². The van der Waals surface area contributed by atoms with Gasteiger partial charge in [0, 0.05) is 18.6 Å². The van der Waals surface area contributed by atoms with Crippen molar-refractivity contribution in [3.05, 3.63) is 71.8 Å². The Morgan fingerprint density at radius 1 is 0.633 bits per heavy atom. The van der Waals surface area contributed by atoms with Gasteiger partial charge in [-0.15, -0.1) is 0 Å². The first kappa shape index (κ1) is 51.5. The lowest BCUT2D eigenvalue weighted by Gasteiger charge is -2.27. The maximum Gasteiger partial charge on any atom is 0.326 e. The Morgan fingerprint density at radius 2 is 1.07 bits per heavy atom. The molecule has 0 spiro atoms. The zero-order valence-electron chi connectivity index (χ0n) is 34.4. The van der Waals surface area contributed by atoms with Gasteiger partial charge in [0.25, 0.3) is 0 Å². The predicted octanol–water partition coefficient (Wildman–Crippen LogP) is -0.357. The van der Waals surface area contributed by atoms with Crippen LogP contribution in [0.4, 0.5) is 0 Å². The van der Waals surface area contributed by atoms with Crippen LogP contribution in [0.3, 0.4) is 0 Å². The van der Waals surface area contributed by atoms with E-state index in [1.54, 1.807) is 60.7 Å². The molecule has 0 aliphatic rings. The molecule has 0 fully saturated rings. The van der Waals surface area contributed by atoms with Crippen LogP contribution < -0.4 is 43.4 Å². The second kappa shape index (κ2) is 28.0. The highest BCUT2D eigenvalue weighted by atomic mass is 32.2. The van der Waals surface area contributed by atoms with Gasteiger partial charge in [-0.25, -0.2) is 4.79 Å². The van der Waals surface area contributed by atoms with Crippen molar-refractivity contribution in [2.24, 2.45) is 17.4 Å². The van der Waals surface area contributed by atoms with Crippen LogP contribution in [-0.4, -0.2) is 125 Å². The van der Waals surface area contributed by atoms with E-state index in [0.717, 1.165) is 0 Å². The van der Waals surface area contributed by atoms with E-state index in [-0.39, 0.29) is 37.4 Å². The number of nitrogens with two attached hydrogens (primary N) is 2. The van der Waals surface area contributed by atoms with Crippen LogP contribution in [0.25, 0.3) is 0 Å². The zero-order chi connectivity index (χ0) is 44.6. The number of unbranched alkanes of at least 4 members (excludes halogenated alkanes) is 1. The quantitative estimate of drug-likeness (QED) is 0.0387. The number of aliphatic carboxylic acids is 1. The molecule has 0 aliphatic carbocycles. The minimum Gasteiger partial charge on any atom is -0.480 e. The van der Waals surface area contributed by atoms with Gasteiger partial charge in [0.15, 0.2) is 0 Å². The number of aliphatic hydroxyl groups excluding tert-OH is 1. The molecule has 2 aromatic carbocycles. The van der Waals surface area contributed by atoms with Crippen molar-refractivity contribution in [3.8, 4) is 0 Å². The first-order valence-electron chi connectivity index (χ1n) is 19.9. The fraction of sp³-hybridized carbons (Fsp3) is 0.537. The van der Waals surface area contributed by atoms with E-state index >= 15 is 0 Å². The van der Waals surface area contributed by atoms with Crippen LogP contribution >= 0.6 is 24.4 Å². The molecule has 6 amide bonds. The molecule has 0 aromatic heterocycles. The van der Waals surface area contributed by atoms with Crippen molar-refractivity contribution in [1.29, 1.82) is 0 Å². The molecule has 0 bridgehead atoms. The monoisotopic (exact) mass is 874 g/mol. The van der Waals surface area contributed by atoms with Gasteiger partial charge < -0.3 is 53.6 Å². The SMILES string of the molecule is CSCC[C@H](NC(=O)[C@@H](N)CC(C)C)C(=O)N[C@@H](CO)C(=O)N[C@@H](CS)C(=O)N[C@@H](Cc1ccccc1)C(=O)N[C@@H](Cc1ccccc1)C(=O)N[C@@H](CCCCN)C(=O)O. The molecule has 0 unspecified atom stereocenters. The number of hydrogen-bond acceptors (Lipinski definition) is 12. The number of carbonyl (C=O) groups excluding carboxylic acids is 6. The van der Waals surface area contributed by atoms with Crippen LogP contribution in [0.1, 0.15) is 57.1 Å². The molecule has 0 heterocycles. The molecular weight excluding hydrogens is 813 g/mol. The molecule has 2 aromatic rings. The van der Waals surface area contributed by atoms with E-state index in [0.29, 0.717) is 42.7 Å². The lowest BCUT2D eigenvalue weighted by molar-refractivity contribution is -0.142. The van der Waals surface area contributed by atoms with Gasteiger partial charge in [0.05, 0.1) is 12.6 Å². The first-order chi connectivity index (χ1) is 28.6. The van der Waals surface area contributed by atoms with E-state index in [1.165, 1.54) is 11.8 Å². The predicted molar refractivity (Wildman–Crippen MR) is 234 cm³/mol. The third-order valence-corrected chi connectivity index (χ3v) is 10.3. The molecule has 0 radical (unpaired) electrons. The maximum atomic E-state index is 14.1. The number of amides is 6. The normalized spacial score (nSPS) is 14.6. The highest BCUT2D eigenvalue weighted by molar-refractivity contribution is 7.98. The smallest absolute Gasteiger partial charge is 0.326 e. The van der Waals surface area contributed by atoms with Crippen molar-refractivity contribution in [1.82, 2.24) is 31.9 Å². The standard InChI is InChI=1S/C41H62N8O9S2/c1-25(2)20-28(43)35(51)44-29(17-19-60-3)36(52)48-33(23-50)39(55)49-34(24-59)40(56)47-32(22-27-14-8-5-9-15-27)38(54)46-31(21-26-12-6-4-7-13-26)37(53)45-30(41(57)58)16-10-11-18-42/h4-9,12-15,25,28-34,50,59H,10-11,16-24,42-43H2,1-3H3,(H,44,51)(H,45,53)(H,46,54)(H,47,56)(H,48,52)(H,49,55)(H,57,58)/t28-,29-,30-,31-,32-,33-,34-/m0/s1. The number of aliphatic hydroxyl groups is 1. The van der Waals surface area contributed by atoms with Crippen LogP contribution in [0.15, 0.2) is 60.7 Å². The minimum absolute atomic E-state index is 0.00425. The molecule has 60 heavy (non-hydrogen) atoms. The Kier molecular flexibility index (Phi) is 24.0. The summed E-state index contributed by atoms with van der Waals surface area (Å²) < 4.78 is 0. The van der Waals surface area contributed by atoms with Crippen LogP contribution in [-0.2, 0) is 46.4 Å². The van der Waals surface area contributed by atoms with Crippen molar-refractivity contribution >= 4 is 65.8 Å². The first-order valence-corrected chi connectivity index (χ1v) is 22.0. The summed E-state index contributed by atoms with van der Waals surface area (Å²) in [6, 6.07) is 8.89. The number of thiol groups is 1. The number of carbonyl (C=O) groups is 7. The van der Waals surface area contributed by atoms with Gasteiger partial charge in [-0.1, -0.05) is 74.5 Å². The molecule has 0 saturated heterocycles. The van der Waals surface area contributed by atoms with Crippen LogP contribution in [0.2, 0.25) is 0 Å². The molecule has 0 saturated carbocycles. The minimum atomic E-state index is -1.53. The van der Waals surface area contributed by atoms with Gasteiger partial charge in [0.2, 0.25) is 35.4 Å². The lowest BCUT2D eigenvalue weighted by atomic mass is 10.0. The largest absolute Gasteiger partial charge is 0.480 e. The highest BCUT2D eigenvalue weighted by Crippen LogP contribution is 2.10. The fourth-order valence-corrected chi connectivity index (χ4v) is 6.74. The number of thioether (sulfide) groups is 1. The Hall–Kier alpha value is -4.69. The number of benzene rings is 2. The summed E-state index contributed by atoms with van der Waals surface area (Å²) in [6.45, 7) is 3.31. The van der Waals surface area contributed by atoms with Gasteiger partial charge in [0.1, 0.15) is 36.3 Å². The third-order valence-electron chi connectivity index (χ3n) is 9.33. The third kappa shape index (κ3) is 18.7. The number of nitrogens with one attached hydrogen (secondary N) is 6. The second-order valence-electron chi connectivity index (χ2n) is 14.8. The van der Waals surface area contributed by atoms with Crippen LogP contribution in [0.5, 0.6) is 0 Å². The molecule has 2 rings (SSSR count). The maximum absolute atomic E-state index is 14.1. The Balaban J connectivity index is 2.30. The van der Waals surface area contributed by atoms with Gasteiger partial charge in [-0.05, 0) is 67.7 Å². The molecule has 0 aliphatic heterocycles. The topological polar surface area (TPSA) is 284 Å². The van der Waals surface area contributed by atoms with Gasteiger partial charge >= 0.3 is 5.97 Å². The van der Waals surface area contributed by atoms with Gasteiger partial charge in [-0.2, -0.15) is 24.4 Å². The summed E-state index contributed by atoms with van der Waals surface area (Å²) in [6.07, 6.45) is 3.51. The summed E-state index contributed by atoms with van der Waals surface area (Å²) in [5.41, 5.74) is 12.9. The average molecular weight is 875 g/mol. The molecule has 19 heteroatoms. The number of carboxylic acids is 1. The van der Waals surface area contributed by atoms with Gasteiger partial charge in [-0.3, -0.25) is 28.8 Å². The Labute approximate surface area is 361 Å². The highest BCUT2D eigenvalue weighted by Gasteiger charge is 2.33. The number of rotatable bonds is 28. The molecule has 7 atom stereocenters. The summed E-state index contributed by atoms with van der Waals surface area (Å²) in [5.74, 6) is -5.45. The molecule has 332 valence electrons. The van der Waals surface area contributed by atoms with Crippen molar-refractivity contribution < 1.29 is 43.8 Å². The van der Waals surface area contributed by atoms with Crippen LogP contribution in [0, 0.1) is 5.92 Å². The molecule has 12 N–H and O–H groups in total. The Bertz CT molecular complexity index is 1680. The van der Waals surface area contributed by atoms with E-state index in [1.807, 2.05) is 20.1 Å². The zero-order valence-corrected chi connectivity index (χ0v) is 36.1. The van der Waals surface area contributed by atoms with Crippen molar-refractivity contribution in [2.75, 3.05) is 30.9 Å². The summed E-state index contributed by atoms with van der Waals surface area (Å²) in [7, 11) is 0. The molecular formula is C41H62N8O9S2. The van der Waals surface area contributed by atoms with Crippen molar-refractivity contribution in [3.63, 3.8) is 0 Å². The van der Waals surface area contributed by atoms with E-state index in [4.69, 9.17) is 11.5 Å². The number of hydrogen-bond donors (Lipinski definition) is 11. The second-order valence-corrected chi connectivity index (χ2v) is 16.1. The van der Waals surface area contributed by atoms with E-state index in [9.17, 15) is 43.8 Å². The molecule has 17 nitrogen and oxygen atoms in total. The fourth-order valence-electron chi connectivity index (χ4n) is 6.02. The summed E-state index contributed by atoms with van der Waals surface area (Å²) in [4.78, 5) is 93.0. The average Bonchev–Trinajstić information content (AvgIpc) is 3.22.